The lowest BCUT2D eigenvalue weighted by atomic mass is 9.99. The second-order valence-corrected chi connectivity index (χ2v) is 6.83. The molecule has 1 aromatic heterocycles. The Bertz CT molecular complexity index is 751. The van der Waals surface area contributed by atoms with E-state index in [9.17, 15) is 4.79 Å². The second kappa shape index (κ2) is 6.49. The Balaban J connectivity index is 1.57. The highest BCUT2D eigenvalue weighted by molar-refractivity contribution is 6.32. The molecule has 4 rings (SSSR count). The summed E-state index contributed by atoms with van der Waals surface area (Å²) in [4.78, 5) is 12.4. The summed E-state index contributed by atoms with van der Waals surface area (Å²) in [5, 5.41) is 18.7. The van der Waals surface area contributed by atoms with Crippen LogP contribution >= 0.6 is 11.6 Å². The maximum Gasteiger partial charge on any atom is 0.228 e. The summed E-state index contributed by atoms with van der Waals surface area (Å²) in [6.07, 6.45) is 4.14. The first kappa shape index (κ1) is 15.5. The van der Waals surface area contributed by atoms with Gasteiger partial charge in [-0.25, -0.2) is 0 Å². The number of halogens is 1. The lowest BCUT2D eigenvalue weighted by molar-refractivity contribution is -0.120. The highest BCUT2D eigenvalue weighted by atomic mass is 35.5. The molecule has 0 radical (unpaired) electrons. The molecular weight excluding hydrogens is 328 g/mol. The van der Waals surface area contributed by atoms with Crippen LogP contribution in [0.15, 0.2) is 18.2 Å². The SMILES string of the molecule is O=C(Nc1ccc(Cl)c(-n2nnnc2C2CC2)c1)[C@H]1CCCNC1. The smallest absolute Gasteiger partial charge is 0.228 e. The first-order chi connectivity index (χ1) is 11.7. The Morgan fingerprint density at radius 3 is 2.96 bits per heavy atom. The molecule has 0 spiro atoms. The minimum atomic E-state index is 0.00735. The monoisotopic (exact) mass is 346 g/mol. The number of tetrazole rings is 1. The number of amides is 1. The molecule has 24 heavy (non-hydrogen) atoms. The Kier molecular flexibility index (Phi) is 4.20. The van der Waals surface area contributed by atoms with Crippen LogP contribution in [0.3, 0.4) is 0 Å². The number of rotatable bonds is 4. The molecule has 1 aromatic carbocycles. The first-order valence-electron chi connectivity index (χ1n) is 8.32. The lowest BCUT2D eigenvalue weighted by Gasteiger charge is -2.22. The van der Waals surface area contributed by atoms with Crippen LogP contribution < -0.4 is 10.6 Å². The van der Waals surface area contributed by atoms with E-state index in [1.54, 1.807) is 16.8 Å². The molecular formula is C16H19ClN6O. The summed E-state index contributed by atoms with van der Waals surface area (Å²) in [5.74, 6) is 1.28. The number of benzene rings is 1. The second-order valence-electron chi connectivity index (χ2n) is 6.42. The van der Waals surface area contributed by atoms with Gasteiger partial charge >= 0.3 is 0 Å². The lowest BCUT2D eigenvalue weighted by Crippen LogP contribution is -2.37. The standard InChI is InChI=1S/C16H19ClN6O/c17-13-6-5-12(19-16(24)11-2-1-7-18-9-11)8-14(13)23-15(10-3-4-10)20-21-22-23/h5-6,8,10-11,18H,1-4,7,9H2,(H,19,24)/t11-/m0/s1. The van der Waals surface area contributed by atoms with E-state index < -0.39 is 0 Å². The largest absolute Gasteiger partial charge is 0.326 e. The van der Waals surface area contributed by atoms with Gasteiger partial charge in [0.15, 0.2) is 5.82 Å². The van der Waals surface area contributed by atoms with Crippen molar-refractivity contribution in [3.8, 4) is 5.69 Å². The van der Waals surface area contributed by atoms with E-state index in [0.29, 0.717) is 22.3 Å². The molecule has 1 aliphatic heterocycles. The fourth-order valence-electron chi connectivity index (χ4n) is 3.03. The number of aromatic nitrogens is 4. The Hall–Kier alpha value is -1.99. The van der Waals surface area contributed by atoms with Crippen LogP contribution in [0.1, 0.15) is 37.4 Å². The summed E-state index contributed by atoms with van der Waals surface area (Å²) >= 11 is 6.33. The van der Waals surface area contributed by atoms with E-state index in [2.05, 4.69) is 26.2 Å². The van der Waals surface area contributed by atoms with Gasteiger partial charge in [0.1, 0.15) is 0 Å². The zero-order valence-electron chi connectivity index (χ0n) is 13.2. The molecule has 1 aliphatic carbocycles. The molecule has 0 unspecified atom stereocenters. The van der Waals surface area contributed by atoms with Crippen molar-refractivity contribution >= 4 is 23.2 Å². The maximum absolute atomic E-state index is 12.4. The number of carbonyl (C=O) groups is 1. The molecule has 1 saturated carbocycles. The van der Waals surface area contributed by atoms with E-state index in [1.165, 1.54) is 0 Å². The summed E-state index contributed by atoms with van der Waals surface area (Å²) in [6, 6.07) is 5.41. The van der Waals surface area contributed by atoms with Crippen molar-refractivity contribution in [2.45, 2.75) is 31.6 Å². The molecule has 2 fully saturated rings. The van der Waals surface area contributed by atoms with Crippen LogP contribution in [0.25, 0.3) is 5.69 Å². The summed E-state index contributed by atoms with van der Waals surface area (Å²) in [6.45, 7) is 1.71. The van der Waals surface area contributed by atoms with Crippen LogP contribution in [-0.4, -0.2) is 39.2 Å². The number of anilines is 1. The van der Waals surface area contributed by atoms with Crippen molar-refractivity contribution in [1.29, 1.82) is 0 Å². The molecule has 2 aromatic rings. The molecule has 126 valence electrons. The van der Waals surface area contributed by atoms with E-state index in [4.69, 9.17) is 11.6 Å². The average Bonchev–Trinajstić information content (AvgIpc) is 3.34. The third-order valence-corrected chi connectivity index (χ3v) is 4.87. The first-order valence-corrected chi connectivity index (χ1v) is 8.70. The Morgan fingerprint density at radius 2 is 2.21 bits per heavy atom. The van der Waals surface area contributed by atoms with Gasteiger partial charge in [0.05, 0.1) is 16.6 Å². The molecule has 0 bridgehead atoms. The van der Waals surface area contributed by atoms with Crippen LogP contribution in [0, 0.1) is 5.92 Å². The molecule has 1 saturated heterocycles. The number of nitrogens with one attached hydrogen (secondary N) is 2. The van der Waals surface area contributed by atoms with Crippen molar-refractivity contribution in [1.82, 2.24) is 25.5 Å². The predicted molar refractivity (Wildman–Crippen MR) is 90.4 cm³/mol. The van der Waals surface area contributed by atoms with Gasteiger partial charge < -0.3 is 10.6 Å². The minimum absolute atomic E-state index is 0.00735. The number of hydrogen-bond acceptors (Lipinski definition) is 5. The summed E-state index contributed by atoms with van der Waals surface area (Å²) in [7, 11) is 0. The molecule has 8 heteroatoms. The van der Waals surface area contributed by atoms with Gasteiger partial charge in [-0.15, -0.1) is 5.10 Å². The predicted octanol–water partition coefficient (Wildman–Crippen LogP) is 2.13. The molecule has 7 nitrogen and oxygen atoms in total. The maximum atomic E-state index is 12.4. The Labute approximate surface area is 144 Å². The molecule has 1 atom stereocenters. The van der Waals surface area contributed by atoms with Gasteiger partial charge in [-0.1, -0.05) is 11.6 Å². The van der Waals surface area contributed by atoms with Gasteiger partial charge in [0, 0.05) is 18.2 Å². The fraction of sp³-hybridized carbons (Fsp3) is 0.500. The van der Waals surface area contributed by atoms with Crippen molar-refractivity contribution in [2.24, 2.45) is 5.92 Å². The van der Waals surface area contributed by atoms with Crippen molar-refractivity contribution < 1.29 is 4.79 Å². The zero-order chi connectivity index (χ0) is 16.5. The minimum Gasteiger partial charge on any atom is -0.326 e. The zero-order valence-corrected chi connectivity index (χ0v) is 14.0. The van der Waals surface area contributed by atoms with Gasteiger partial charge in [-0.05, 0) is 60.9 Å². The van der Waals surface area contributed by atoms with Crippen LogP contribution in [0.5, 0.6) is 0 Å². The van der Waals surface area contributed by atoms with E-state index in [-0.39, 0.29) is 11.8 Å². The summed E-state index contributed by atoms with van der Waals surface area (Å²) < 4.78 is 1.68. The number of nitrogens with zero attached hydrogens (tertiary/aromatic N) is 4. The van der Waals surface area contributed by atoms with Gasteiger partial charge in [0.25, 0.3) is 0 Å². The normalized spacial score (nSPS) is 20.8. The molecule has 2 N–H and O–H groups in total. The molecule has 1 amide bonds. The summed E-state index contributed by atoms with van der Waals surface area (Å²) in [5.41, 5.74) is 1.41. The molecule has 2 heterocycles. The Morgan fingerprint density at radius 1 is 1.33 bits per heavy atom. The van der Waals surface area contributed by atoms with E-state index >= 15 is 0 Å². The topological polar surface area (TPSA) is 84.7 Å². The van der Waals surface area contributed by atoms with Crippen molar-refractivity contribution in [3.05, 3.63) is 29.0 Å². The van der Waals surface area contributed by atoms with Crippen LogP contribution in [-0.2, 0) is 4.79 Å². The van der Waals surface area contributed by atoms with Crippen molar-refractivity contribution in [3.63, 3.8) is 0 Å². The molecule has 2 aliphatic rings. The fourth-order valence-corrected chi connectivity index (χ4v) is 3.23. The van der Waals surface area contributed by atoms with Crippen LogP contribution in [0.2, 0.25) is 5.02 Å². The highest BCUT2D eigenvalue weighted by Crippen LogP contribution is 2.40. The quantitative estimate of drug-likeness (QED) is 0.886. The van der Waals surface area contributed by atoms with Gasteiger partial charge in [-0.2, -0.15) is 4.68 Å². The number of piperidine rings is 1. The number of carbonyl (C=O) groups excluding carboxylic acids is 1. The average molecular weight is 347 g/mol. The highest BCUT2D eigenvalue weighted by Gasteiger charge is 2.30. The third kappa shape index (κ3) is 3.14. The van der Waals surface area contributed by atoms with E-state index in [0.717, 1.165) is 44.6 Å². The number of hydrogen-bond donors (Lipinski definition) is 2. The van der Waals surface area contributed by atoms with Gasteiger partial charge in [-0.3, -0.25) is 4.79 Å². The van der Waals surface area contributed by atoms with E-state index in [1.807, 2.05) is 6.07 Å². The van der Waals surface area contributed by atoms with Crippen LogP contribution in [0.4, 0.5) is 5.69 Å². The third-order valence-electron chi connectivity index (χ3n) is 4.55. The van der Waals surface area contributed by atoms with Gasteiger partial charge in [0.2, 0.25) is 5.91 Å². The van der Waals surface area contributed by atoms with Crippen molar-refractivity contribution in [2.75, 3.05) is 18.4 Å².